The lowest BCUT2D eigenvalue weighted by atomic mass is 10.1. The number of aromatic nitrogens is 2. The van der Waals surface area contributed by atoms with E-state index in [0.29, 0.717) is 12.5 Å². The second-order valence-corrected chi connectivity index (χ2v) is 8.09. The number of hydrogen-bond acceptors (Lipinski definition) is 4. The quantitative estimate of drug-likeness (QED) is 0.499. The van der Waals surface area contributed by atoms with Crippen LogP contribution in [-0.4, -0.2) is 46.6 Å². The van der Waals surface area contributed by atoms with Crippen LogP contribution in [0.25, 0.3) is 0 Å². The molecule has 0 radical (unpaired) electrons. The van der Waals surface area contributed by atoms with Gasteiger partial charge in [-0.1, -0.05) is 20.3 Å². The predicted octanol–water partition coefficient (Wildman–Crippen LogP) is 3.41. The SMILES string of the molecule is CCNC(=NCc1nccn1CC(C)C)NCC(c1ccco1)N1CCCCC1. The van der Waals surface area contributed by atoms with Crippen molar-refractivity contribution in [1.82, 2.24) is 25.1 Å². The van der Waals surface area contributed by atoms with E-state index in [2.05, 4.69) is 51.9 Å². The Morgan fingerprint density at radius 2 is 2.07 bits per heavy atom. The van der Waals surface area contributed by atoms with Gasteiger partial charge in [0.2, 0.25) is 0 Å². The van der Waals surface area contributed by atoms with E-state index in [9.17, 15) is 0 Å². The minimum Gasteiger partial charge on any atom is -0.468 e. The fourth-order valence-corrected chi connectivity index (χ4v) is 3.86. The highest BCUT2D eigenvalue weighted by atomic mass is 16.3. The van der Waals surface area contributed by atoms with Gasteiger partial charge in [0.1, 0.15) is 18.1 Å². The molecule has 7 heteroatoms. The summed E-state index contributed by atoms with van der Waals surface area (Å²) in [4.78, 5) is 11.8. The van der Waals surface area contributed by atoms with Crippen molar-refractivity contribution < 1.29 is 4.42 Å². The lowest BCUT2D eigenvalue weighted by Gasteiger charge is -2.33. The molecule has 1 fully saturated rings. The van der Waals surface area contributed by atoms with E-state index in [1.54, 1.807) is 6.26 Å². The summed E-state index contributed by atoms with van der Waals surface area (Å²) in [6, 6.07) is 4.27. The highest BCUT2D eigenvalue weighted by molar-refractivity contribution is 5.79. The third-order valence-corrected chi connectivity index (χ3v) is 5.25. The Hall–Kier alpha value is -2.28. The number of guanidine groups is 1. The van der Waals surface area contributed by atoms with E-state index in [1.807, 2.05) is 18.5 Å². The van der Waals surface area contributed by atoms with Crippen molar-refractivity contribution in [1.29, 1.82) is 0 Å². The first-order chi connectivity index (χ1) is 14.2. The van der Waals surface area contributed by atoms with Crippen LogP contribution in [-0.2, 0) is 13.1 Å². The number of aliphatic imine (C=N–C) groups is 1. The fraction of sp³-hybridized carbons (Fsp3) is 0.636. The molecule has 0 saturated carbocycles. The number of furan rings is 1. The molecule has 2 aromatic rings. The van der Waals surface area contributed by atoms with Gasteiger partial charge in [0.05, 0.1) is 12.3 Å². The maximum atomic E-state index is 5.76. The molecule has 1 atom stereocenters. The molecular weight excluding hydrogens is 364 g/mol. The van der Waals surface area contributed by atoms with Crippen LogP contribution >= 0.6 is 0 Å². The Kier molecular flexibility index (Phi) is 8.16. The highest BCUT2D eigenvalue weighted by Gasteiger charge is 2.24. The van der Waals surface area contributed by atoms with Crippen LogP contribution in [0.2, 0.25) is 0 Å². The molecule has 0 amide bonds. The molecule has 2 aromatic heterocycles. The summed E-state index contributed by atoms with van der Waals surface area (Å²) in [6.07, 6.45) is 9.49. The first-order valence-corrected chi connectivity index (χ1v) is 11.0. The Labute approximate surface area is 174 Å². The summed E-state index contributed by atoms with van der Waals surface area (Å²) in [5.74, 6) is 3.41. The molecule has 3 rings (SSSR count). The maximum Gasteiger partial charge on any atom is 0.191 e. The zero-order valence-electron chi connectivity index (χ0n) is 18.1. The Morgan fingerprint density at radius 1 is 1.24 bits per heavy atom. The maximum absolute atomic E-state index is 5.76. The molecule has 0 bridgehead atoms. The average molecular weight is 401 g/mol. The molecular formula is C22H36N6O. The van der Waals surface area contributed by atoms with Gasteiger partial charge in [-0.2, -0.15) is 0 Å². The van der Waals surface area contributed by atoms with Gasteiger partial charge >= 0.3 is 0 Å². The van der Waals surface area contributed by atoms with E-state index in [-0.39, 0.29) is 6.04 Å². The Morgan fingerprint density at radius 3 is 2.76 bits per heavy atom. The number of likely N-dealkylation sites (tertiary alicyclic amines) is 1. The van der Waals surface area contributed by atoms with Crippen molar-refractivity contribution in [2.75, 3.05) is 26.2 Å². The van der Waals surface area contributed by atoms with Crippen LogP contribution in [0.4, 0.5) is 0 Å². The molecule has 0 aromatic carbocycles. The van der Waals surface area contributed by atoms with Crippen molar-refractivity contribution in [3.8, 4) is 0 Å². The Bertz CT molecular complexity index is 730. The summed E-state index contributed by atoms with van der Waals surface area (Å²) in [5.41, 5.74) is 0. The third kappa shape index (κ3) is 6.35. The zero-order valence-corrected chi connectivity index (χ0v) is 18.1. The van der Waals surface area contributed by atoms with Crippen LogP contribution in [0.3, 0.4) is 0 Å². The molecule has 1 saturated heterocycles. The average Bonchev–Trinajstić information content (AvgIpc) is 3.39. The lowest BCUT2D eigenvalue weighted by Crippen LogP contribution is -2.44. The second kappa shape index (κ2) is 11.0. The number of piperidine rings is 1. The van der Waals surface area contributed by atoms with E-state index >= 15 is 0 Å². The molecule has 0 aliphatic carbocycles. The molecule has 1 aliphatic heterocycles. The van der Waals surface area contributed by atoms with Crippen LogP contribution in [0.15, 0.2) is 40.2 Å². The molecule has 160 valence electrons. The standard InChI is InChI=1S/C22H36N6O/c1-4-23-22(26-16-21-24-10-13-28(21)17-18(2)3)25-15-19(20-9-8-14-29-20)27-11-6-5-7-12-27/h8-10,13-14,18-19H,4-7,11-12,15-17H2,1-3H3,(H2,23,25,26). The summed E-state index contributed by atoms with van der Waals surface area (Å²) in [7, 11) is 0. The largest absolute Gasteiger partial charge is 0.468 e. The summed E-state index contributed by atoms with van der Waals surface area (Å²) < 4.78 is 7.95. The molecule has 1 unspecified atom stereocenters. The molecule has 1 aliphatic rings. The summed E-state index contributed by atoms with van der Waals surface area (Å²) >= 11 is 0. The molecule has 29 heavy (non-hydrogen) atoms. The van der Waals surface area contributed by atoms with Gasteiger partial charge in [-0.3, -0.25) is 4.90 Å². The third-order valence-electron chi connectivity index (χ3n) is 5.25. The van der Waals surface area contributed by atoms with Gasteiger partial charge in [-0.15, -0.1) is 0 Å². The van der Waals surface area contributed by atoms with E-state index in [4.69, 9.17) is 9.41 Å². The molecule has 0 spiro atoms. The zero-order chi connectivity index (χ0) is 20.5. The van der Waals surface area contributed by atoms with Crippen molar-refractivity contribution in [3.05, 3.63) is 42.4 Å². The molecule has 3 heterocycles. The summed E-state index contributed by atoms with van der Waals surface area (Å²) in [5, 5.41) is 6.89. The monoisotopic (exact) mass is 400 g/mol. The minimum absolute atomic E-state index is 0.220. The normalized spacial score (nSPS) is 16.9. The molecule has 7 nitrogen and oxygen atoms in total. The predicted molar refractivity (Wildman–Crippen MR) is 117 cm³/mol. The first-order valence-electron chi connectivity index (χ1n) is 11.0. The van der Waals surface area contributed by atoms with E-state index in [0.717, 1.165) is 50.3 Å². The van der Waals surface area contributed by atoms with Crippen molar-refractivity contribution in [2.24, 2.45) is 10.9 Å². The van der Waals surface area contributed by atoms with Gasteiger partial charge in [0.15, 0.2) is 5.96 Å². The number of imidazole rings is 1. The number of hydrogen-bond donors (Lipinski definition) is 2. The highest BCUT2D eigenvalue weighted by Crippen LogP contribution is 2.24. The first kappa shape index (κ1) is 21.4. The van der Waals surface area contributed by atoms with Crippen molar-refractivity contribution >= 4 is 5.96 Å². The van der Waals surface area contributed by atoms with Gasteiger partial charge in [-0.05, 0) is 50.9 Å². The van der Waals surface area contributed by atoms with Gasteiger partial charge in [0, 0.05) is 32.0 Å². The van der Waals surface area contributed by atoms with Crippen molar-refractivity contribution in [2.45, 2.75) is 59.2 Å². The number of nitrogens with zero attached hydrogens (tertiary/aromatic N) is 4. The lowest BCUT2D eigenvalue weighted by molar-refractivity contribution is 0.146. The van der Waals surface area contributed by atoms with Gasteiger partial charge < -0.3 is 19.6 Å². The van der Waals surface area contributed by atoms with Crippen LogP contribution in [0.5, 0.6) is 0 Å². The second-order valence-electron chi connectivity index (χ2n) is 8.09. The minimum atomic E-state index is 0.220. The van der Waals surface area contributed by atoms with Gasteiger partial charge in [0.25, 0.3) is 0 Å². The topological polar surface area (TPSA) is 70.6 Å². The Balaban J connectivity index is 1.65. The molecule has 2 N–H and O–H groups in total. The van der Waals surface area contributed by atoms with Crippen LogP contribution < -0.4 is 10.6 Å². The number of nitrogens with one attached hydrogen (secondary N) is 2. The van der Waals surface area contributed by atoms with E-state index in [1.165, 1.54) is 19.3 Å². The van der Waals surface area contributed by atoms with Gasteiger partial charge in [-0.25, -0.2) is 9.98 Å². The smallest absolute Gasteiger partial charge is 0.191 e. The van der Waals surface area contributed by atoms with E-state index < -0.39 is 0 Å². The van der Waals surface area contributed by atoms with Crippen LogP contribution in [0, 0.1) is 5.92 Å². The fourth-order valence-electron chi connectivity index (χ4n) is 3.86. The number of rotatable bonds is 9. The van der Waals surface area contributed by atoms with Crippen LogP contribution in [0.1, 0.15) is 57.7 Å². The summed E-state index contributed by atoms with van der Waals surface area (Å²) in [6.45, 7) is 11.9. The van der Waals surface area contributed by atoms with Crippen molar-refractivity contribution in [3.63, 3.8) is 0 Å².